The molecule has 0 spiro atoms. The summed E-state index contributed by atoms with van der Waals surface area (Å²) in [5, 5.41) is 13.0. The number of nitro groups is 1. The molecule has 2 fully saturated rings. The van der Waals surface area contributed by atoms with Crippen LogP contribution >= 0.6 is 0 Å². The van der Waals surface area contributed by atoms with E-state index in [2.05, 4.69) is 5.32 Å². The van der Waals surface area contributed by atoms with Crippen LogP contribution in [0.4, 0.5) is 10.5 Å². The summed E-state index contributed by atoms with van der Waals surface area (Å²) >= 11 is 0. The second-order valence-electron chi connectivity index (χ2n) is 6.94. The Bertz CT molecular complexity index is 1030. The molecule has 148 valence electrons. The molecule has 1 N–H and O–H groups in total. The van der Waals surface area contributed by atoms with E-state index in [1.54, 1.807) is 24.3 Å². The van der Waals surface area contributed by atoms with Crippen molar-refractivity contribution in [1.82, 2.24) is 10.2 Å². The van der Waals surface area contributed by atoms with Crippen LogP contribution in [0.5, 0.6) is 0 Å². The number of imide groups is 2. The van der Waals surface area contributed by atoms with Crippen LogP contribution in [0.1, 0.15) is 31.4 Å². The second-order valence-corrected chi connectivity index (χ2v) is 6.94. The quantitative estimate of drug-likeness (QED) is 0.367. The lowest BCUT2D eigenvalue weighted by atomic mass is 10.1. The van der Waals surface area contributed by atoms with Crippen LogP contribution in [0.15, 0.2) is 46.4 Å². The first-order valence-corrected chi connectivity index (χ1v) is 9.19. The minimum Gasteiger partial charge on any atom is -0.457 e. The number of nitro benzene ring substituents is 1. The predicted molar refractivity (Wildman–Crippen MR) is 101 cm³/mol. The van der Waals surface area contributed by atoms with Gasteiger partial charge in [0.05, 0.1) is 4.92 Å². The monoisotopic (exact) mass is 395 g/mol. The number of carbonyl (C=O) groups is 3. The third-order valence-electron chi connectivity index (χ3n) is 5.10. The number of benzene rings is 1. The van der Waals surface area contributed by atoms with E-state index in [0.29, 0.717) is 11.3 Å². The number of hydrogen-bond acceptors (Lipinski definition) is 6. The maximum absolute atomic E-state index is 12.8. The average Bonchev–Trinajstić information content (AvgIpc) is 3.37. The molecule has 0 unspecified atom stereocenters. The average molecular weight is 395 g/mol. The van der Waals surface area contributed by atoms with Gasteiger partial charge in [-0.2, -0.15) is 0 Å². The molecular weight excluding hydrogens is 378 g/mol. The summed E-state index contributed by atoms with van der Waals surface area (Å²) in [6.07, 6.45) is 4.63. The maximum Gasteiger partial charge on any atom is 0.331 e. The lowest BCUT2D eigenvalue weighted by Crippen LogP contribution is -2.57. The first kappa shape index (κ1) is 18.6. The van der Waals surface area contributed by atoms with Crippen molar-refractivity contribution in [2.45, 2.75) is 31.7 Å². The molecule has 4 amide bonds. The zero-order valence-electron chi connectivity index (χ0n) is 15.3. The van der Waals surface area contributed by atoms with Crippen molar-refractivity contribution in [3.05, 3.63) is 57.8 Å². The first-order chi connectivity index (χ1) is 13.9. The molecular formula is C20H17N3O6. The van der Waals surface area contributed by atoms with E-state index >= 15 is 0 Å². The van der Waals surface area contributed by atoms with Crippen LogP contribution in [0.3, 0.4) is 0 Å². The van der Waals surface area contributed by atoms with Gasteiger partial charge in [-0.3, -0.25) is 29.9 Å². The zero-order valence-corrected chi connectivity index (χ0v) is 15.3. The van der Waals surface area contributed by atoms with Gasteiger partial charge in [0.2, 0.25) is 0 Å². The molecule has 1 aliphatic carbocycles. The third kappa shape index (κ3) is 3.54. The van der Waals surface area contributed by atoms with Crippen molar-refractivity contribution in [3.8, 4) is 11.3 Å². The normalized spacial score (nSPS) is 19.1. The summed E-state index contributed by atoms with van der Waals surface area (Å²) in [5.41, 5.74) is 0.410. The number of amides is 4. The van der Waals surface area contributed by atoms with Crippen LogP contribution in [0.25, 0.3) is 17.4 Å². The molecule has 9 heteroatoms. The van der Waals surface area contributed by atoms with Gasteiger partial charge in [-0.1, -0.05) is 12.8 Å². The maximum atomic E-state index is 12.8. The van der Waals surface area contributed by atoms with Gasteiger partial charge in [0, 0.05) is 23.7 Å². The lowest BCUT2D eigenvalue weighted by Gasteiger charge is -2.30. The van der Waals surface area contributed by atoms with Crippen molar-refractivity contribution < 1.29 is 23.7 Å². The smallest absolute Gasteiger partial charge is 0.331 e. The van der Waals surface area contributed by atoms with E-state index in [9.17, 15) is 24.5 Å². The molecule has 1 aliphatic heterocycles. The lowest BCUT2D eigenvalue weighted by molar-refractivity contribution is -0.384. The first-order valence-electron chi connectivity index (χ1n) is 9.19. The van der Waals surface area contributed by atoms with Gasteiger partial charge in [0.15, 0.2) is 0 Å². The highest BCUT2D eigenvalue weighted by Crippen LogP contribution is 2.29. The van der Waals surface area contributed by atoms with Crippen molar-refractivity contribution in [3.63, 3.8) is 0 Å². The third-order valence-corrected chi connectivity index (χ3v) is 5.10. The summed E-state index contributed by atoms with van der Waals surface area (Å²) in [7, 11) is 0. The molecule has 1 aromatic carbocycles. The summed E-state index contributed by atoms with van der Waals surface area (Å²) in [4.78, 5) is 48.5. The van der Waals surface area contributed by atoms with E-state index in [1.165, 1.54) is 18.2 Å². The van der Waals surface area contributed by atoms with Crippen molar-refractivity contribution in [2.75, 3.05) is 0 Å². The highest BCUT2D eigenvalue weighted by molar-refractivity contribution is 6.31. The highest BCUT2D eigenvalue weighted by Gasteiger charge is 2.40. The van der Waals surface area contributed by atoms with E-state index in [0.717, 1.165) is 30.6 Å². The number of non-ortho nitro benzene ring substituents is 1. The summed E-state index contributed by atoms with van der Waals surface area (Å²) in [6.45, 7) is 0. The molecule has 9 nitrogen and oxygen atoms in total. The largest absolute Gasteiger partial charge is 0.457 e. The molecule has 2 aromatic rings. The fraction of sp³-hybridized carbons (Fsp3) is 0.250. The van der Waals surface area contributed by atoms with Gasteiger partial charge < -0.3 is 4.42 Å². The Labute approximate surface area is 165 Å². The molecule has 1 saturated heterocycles. The Kier molecular flexibility index (Phi) is 4.71. The number of furan rings is 1. The Morgan fingerprint density at radius 1 is 1.07 bits per heavy atom. The zero-order chi connectivity index (χ0) is 20.5. The number of nitrogens with zero attached hydrogens (tertiary/aromatic N) is 2. The Balaban J connectivity index is 1.60. The summed E-state index contributed by atoms with van der Waals surface area (Å²) < 4.78 is 5.68. The van der Waals surface area contributed by atoms with E-state index in [4.69, 9.17) is 4.42 Å². The molecule has 0 bridgehead atoms. The number of barbiturate groups is 1. The van der Waals surface area contributed by atoms with Crippen LogP contribution in [0, 0.1) is 10.1 Å². The SMILES string of the molecule is O=C1NC(=O)N(C2CCCC2)C(=O)/C1=C\c1ccc(-c2ccc([N+](=O)[O-])cc2)o1. The number of carbonyl (C=O) groups excluding carboxylic acids is 3. The van der Waals surface area contributed by atoms with E-state index in [-0.39, 0.29) is 23.1 Å². The molecule has 0 radical (unpaired) electrons. The number of nitrogens with one attached hydrogen (secondary N) is 1. The van der Waals surface area contributed by atoms with Crippen LogP contribution < -0.4 is 5.32 Å². The van der Waals surface area contributed by atoms with Gasteiger partial charge in [0.25, 0.3) is 17.5 Å². The fourth-order valence-electron chi connectivity index (χ4n) is 3.64. The topological polar surface area (TPSA) is 123 Å². The number of hydrogen-bond donors (Lipinski definition) is 1. The molecule has 4 rings (SSSR count). The minimum atomic E-state index is -0.762. The standard InChI is InChI=1S/C20H17N3O6/c24-18-16(19(25)22(20(26)21-18)13-3-1-2-4-13)11-15-9-10-17(29-15)12-5-7-14(8-6-12)23(27)28/h5-11,13H,1-4H2,(H,21,24,26)/b16-11-. The fourth-order valence-corrected chi connectivity index (χ4v) is 3.64. The Morgan fingerprint density at radius 2 is 1.76 bits per heavy atom. The molecule has 1 aromatic heterocycles. The number of rotatable bonds is 4. The van der Waals surface area contributed by atoms with Crippen LogP contribution in [-0.2, 0) is 9.59 Å². The van der Waals surface area contributed by atoms with Crippen molar-refractivity contribution in [2.24, 2.45) is 0 Å². The van der Waals surface area contributed by atoms with Crippen LogP contribution in [0.2, 0.25) is 0 Å². The number of urea groups is 1. The van der Waals surface area contributed by atoms with E-state index in [1.807, 2.05) is 0 Å². The van der Waals surface area contributed by atoms with Crippen molar-refractivity contribution in [1.29, 1.82) is 0 Å². The van der Waals surface area contributed by atoms with E-state index < -0.39 is 22.8 Å². The Morgan fingerprint density at radius 3 is 2.41 bits per heavy atom. The summed E-state index contributed by atoms with van der Waals surface area (Å²) in [5.74, 6) is -0.696. The van der Waals surface area contributed by atoms with Gasteiger partial charge in [0.1, 0.15) is 17.1 Å². The molecule has 2 aliphatic rings. The van der Waals surface area contributed by atoms with Gasteiger partial charge >= 0.3 is 6.03 Å². The molecule has 2 heterocycles. The minimum absolute atomic E-state index is 0.0382. The van der Waals surface area contributed by atoms with Crippen LogP contribution in [-0.4, -0.2) is 33.7 Å². The molecule has 1 saturated carbocycles. The van der Waals surface area contributed by atoms with Gasteiger partial charge in [-0.25, -0.2) is 4.79 Å². The Hall–Kier alpha value is -3.75. The molecule has 0 atom stereocenters. The molecule has 29 heavy (non-hydrogen) atoms. The van der Waals surface area contributed by atoms with Crippen molar-refractivity contribution >= 4 is 29.6 Å². The van der Waals surface area contributed by atoms with Gasteiger partial charge in [-0.15, -0.1) is 0 Å². The van der Waals surface area contributed by atoms with Gasteiger partial charge in [-0.05, 0) is 43.2 Å². The highest BCUT2D eigenvalue weighted by atomic mass is 16.6. The second kappa shape index (κ2) is 7.34. The predicted octanol–water partition coefficient (Wildman–Crippen LogP) is 3.26. The summed E-state index contributed by atoms with van der Waals surface area (Å²) in [6, 6.07) is 8.15.